The summed E-state index contributed by atoms with van der Waals surface area (Å²) >= 11 is 11.9. The van der Waals surface area contributed by atoms with Crippen LogP contribution in [0.2, 0.25) is 10.0 Å². The van der Waals surface area contributed by atoms with E-state index < -0.39 is 10.0 Å². The molecule has 0 unspecified atom stereocenters. The highest BCUT2D eigenvalue weighted by Gasteiger charge is 2.26. The standard InChI is InChI=1S/C15H15Cl2NO2S/c1-3-18(12-7-5-4-6-8-12)21(19,20)15-10-14(17)13(16)9-11(15)2/h4-10H,3H2,1-2H3. The fraction of sp³-hybridized carbons (Fsp3) is 0.200. The van der Waals surface area contributed by atoms with Crippen molar-refractivity contribution in [1.82, 2.24) is 0 Å². The molecule has 2 rings (SSSR count). The van der Waals surface area contributed by atoms with E-state index in [1.54, 1.807) is 44.2 Å². The molecule has 0 bridgehead atoms. The van der Waals surface area contributed by atoms with E-state index in [1.807, 2.05) is 6.07 Å². The van der Waals surface area contributed by atoms with Crippen molar-refractivity contribution in [3.05, 3.63) is 58.1 Å². The highest BCUT2D eigenvalue weighted by molar-refractivity contribution is 7.92. The molecule has 6 heteroatoms. The number of benzene rings is 2. The number of halogens is 2. The minimum Gasteiger partial charge on any atom is -0.267 e. The van der Waals surface area contributed by atoms with Crippen LogP contribution in [0.15, 0.2) is 47.4 Å². The van der Waals surface area contributed by atoms with E-state index in [2.05, 4.69) is 0 Å². The lowest BCUT2D eigenvalue weighted by molar-refractivity contribution is 0.591. The molecule has 0 atom stereocenters. The van der Waals surface area contributed by atoms with Gasteiger partial charge < -0.3 is 0 Å². The van der Waals surface area contributed by atoms with Gasteiger partial charge in [0.05, 0.1) is 20.6 Å². The van der Waals surface area contributed by atoms with Crippen molar-refractivity contribution in [3.8, 4) is 0 Å². The SMILES string of the molecule is CCN(c1ccccc1)S(=O)(=O)c1cc(Cl)c(Cl)cc1C. The highest BCUT2D eigenvalue weighted by atomic mass is 35.5. The molecule has 112 valence electrons. The maximum Gasteiger partial charge on any atom is 0.264 e. The van der Waals surface area contributed by atoms with Crippen LogP contribution in [0.4, 0.5) is 5.69 Å². The number of para-hydroxylation sites is 1. The van der Waals surface area contributed by atoms with Gasteiger partial charge >= 0.3 is 0 Å². The molecular formula is C15H15Cl2NO2S. The van der Waals surface area contributed by atoms with Crippen molar-refractivity contribution in [3.63, 3.8) is 0 Å². The number of sulfonamides is 1. The molecule has 0 heterocycles. The molecule has 2 aromatic rings. The Kier molecular flexibility index (Phi) is 4.81. The number of rotatable bonds is 4. The van der Waals surface area contributed by atoms with Crippen molar-refractivity contribution in [2.75, 3.05) is 10.8 Å². The molecule has 2 aromatic carbocycles. The average Bonchev–Trinajstić information content (AvgIpc) is 2.44. The van der Waals surface area contributed by atoms with Crippen molar-refractivity contribution in [2.24, 2.45) is 0 Å². The third-order valence-corrected chi connectivity index (χ3v) is 5.88. The first kappa shape index (κ1) is 16.1. The summed E-state index contributed by atoms with van der Waals surface area (Å²) in [5.41, 5.74) is 1.18. The van der Waals surface area contributed by atoms with E-state index in [0.717, 1.165) is 0 Å². The van der Waals surface area contributed by atoms with Gasteiger partial charge in [-0.3, -0.25) is 4.31 Å². The molecule has 0 aromatic heterocycles. The van der Waals surface area contributed by atoms with Crippen LogP contribution in [-0.4, -0.2) is 15.0 Å². The second-order valence-corrected chi connectivity index (χ2v) is 7.18. The first-order valence-electron chi connectivity index (χ1n) is 6.41. The summed E-state index contributed by atoms with van der Waals surface area (Å²) in [4.78, 5) is 0.169. The van der Waals surface area contributed by atoms with E-state index in [0.29, 0.717) is 22.8 Å². The van der Waals surface area contributed by atoms with Gasteiger partial charge in [0.1, 0.15) is 0 Å². The van der Waals surface area contributed by atoms with Crippen LogP contribution in [0, 0.1) is 6.92 Å². The summed E-state index contributed by atoms with van der Waals surface area (Å²) in [5.74, 6) is 0. The van der Waals surface area contributed by atoms with Crippen LogP contribution < -0.4 is 4.31 Å². The van der Waals surface area contributed by atoms with Gasteiger partial charge in [-0.2, -0.15) is 0 Å². The van der Waals surface area contributed by atoms with Crippen LogP contribution in [0.5, 0.6) is 0 Å². The van der Waals surface area contributed by atoms with Crippen LogP contribution in [0.25, 0.3) is 0 Å². The maximum atomic E-state index is 12.9. The van der Waals surface area contributed by atoms with Crippen molar-refractivity contribution in [2.45, 2.75) is 18.7 Å². The summed E-state index contributed by atoms with van der Waals surface area (Å²) in [6.07, 6.45) is 0. The predicted molar refractivity (Wildman–Crippen MR) is 87.8 cm³/mol. The molecule has 0 aliphatic heterocycles. The molecule has 0 saturated carbocycles. The lowest BCUT2D eigenvalue weighted by atomic mass is 10.2. The first-order chi connectivity index (χ1) is 9.87. The van der Waals surface area contributed by atoms with Crippen molar-refractivity contribution < 1.29 is 8.42 Å². The largest absolute Gasteiger partial charge is 0.267 e. The molecule has 3 nitrogen and oxygen atoms in total. The second kappa shape index (κ2) is 6.26. The van der Waals surface area contributed by atoms with Gasteiger partial charge in [-0.15, -0.1) is 0 Å². The third-order valence-electron chi connectivity index (χ3n) is 3.12. The zero-order valence-corrected chi connectivity index (χ0v) is 14.0. The maximum absolute atomic E-state index is 12.9. The van der Waals surface area contributed by atoms with Crippen molar-refractivity contribution >= 4 is 38.9 Å². The Bertz CT molecular complexity index is 746. The normalized spacial score (nSPS) is 11.4. The van der Waals surface area contributed by atoms with Gasteiger partial charge in [-0.25, -0.2) is 8.42 Å². The summed E-state index contributed by atoms with van der Waals surface area (Å²) in [7, 11) is -3.68. The van der Waals surface area contributed by atoms with E-state index >= 15 is 0 Å². The summed E-state index contributed by atoms with van der Waals surface area (Å²) in [6, 6.07) is 11.9. The minimum absolute atomic E-state index is 0.169. The van der Waals surface area contributed by atoms with Gasteiger partial charge in [0.25, 0.3) is 10.0 Å². The van der Waals surface area contributed by atoms with E-state index in [1.165, 1.54) is 10.4 Å². The van der Waals surface area contributed by atoms with Gasteiger partial charge in [-0.1, -0.05) is 41.4 Å². The quantitative estimate of drug-likeness (QED) is 0.818. The van der Waals surface area contributed by atoms with Gasteiger partial charge in [0.15, 0.2) is 0 Å². The van der Waals surface area contributed by atoms with Crippen LogP contribution in [-0.2, 0) is 10.0 Å². The highest BCUT2D eigenvalue weighted by Crippen LogP contribution is 2.31. The Labute approximate surface area is 135 Å². The minimum atomic E-state index is -3.68. The lowest BCUT2D eigenvalue weighted by Crippen LogP contribution is -2.31. The molecule has 0 radical (unpaired) electrons. The topological polar surface area (TPSA) is 37.4 Å². The number of anilines is 1. The van der Waals surface area contributed by atoms with Gasteiger partial charge in [0.2, 0.25) is 0 Å². The molecule has 0 fully saturated rings. The molecule has 21 heavy (non-hydrogen) atoms. The Balaban J connectivity index is 2.58. The lowest BCUT2D eigenvalue weighted by Gasteiger charge is -2.24. The molecule has 0 spiro atoms. The predicted octanol–water partition coefficient (Wildman–Crippen LogP) is 4.52. The monoisotopic (exact) mass is 343 g/mol. The second-order valence-electron chi connectivity index (χ2n) is 4.54. The van der Waals surface area contributed by atoms with Crippen LogP contribution >= 0.6 is 23.2 Å². The third kappa shape index (κ3) is 3.18. The molecule has 0 aliphatic rings. The number of hydrogen-bond donors (Lipinski definition) is 0. The fourth-order valence-corrected chi connectivity index (χ4v) is 4.27. The van der Waals surface area contributed by atoms with E-state index in [4.69, 9.17) is 23.2 Å². The van der Waals surface area contributed by atoms with Crippen LogP contribution in [0.1, 0.15) is 12.5 Å². The van der Waals surface area contributed by atoms with E-state index in [9.17, 15) is 8.42 Å². The Morgan fingerprint density at radius 2 is 1.62 bits per heavy atom. The summed E-state index contributed by atoms with van der Waals surface area (Å²) in [5, 5.41) is 0.570. The number of aryl methyl sites for hydroxylation is 1. The molecule has 0 N–H and O–H groups in total. The smallest absolute Gasteiger partial charge is 0.264 e. The summed E-state index contributed by atoms with van der Waals surface area (Å²) in [6.45, 7) is 3.82. The summed E-state index contributed by atoms with van der Waals surface area (Å²) < 4.78 is 27.1. The zero-order valence-electron chi connectivity index (χ0n) is 11.7. The molecule has 0 aliphatic carbocycles. The zero-order chi connectivity index (χ0) is 15.6. The van der Waals surface area contributed by atoms with Crippen molar-refractivity contribution in [1.29, 1.82) is 0 Å². The number of nitrogens with zero attached hydrogens (tertiary/aromatic N) is 1. The Hall–Kier alpha value is -1.23. The fourth-order valence-electron chi connectivity index (χ4n) is 2.11. The Morgan fingerprint density at radius 1 is 1.05 bits per heavy atom. The molecule has 0 amide bonds. The average molecular weight is 344 g/mol. The Morgan fingerprint density at radius 3 is 2.19 bits per heavy atom. The first-order valence-corrected chi connectivity index (χ1v) is 8.61. The van der Waals surface area contributed by atoms with Gasteiger partial charge in [0, 0.05) is 6.54 Å². The van der Waals surface area contributed by atoms with Crippen LogP contribution in [0.3, 0.4) is 0 Å². The number of hydrogen-bond acceptors (Lipinski definition) is 2. The van der Waals surface area contributed by atoms with Gasteiger partial charge in [-0.05, 0) is 43.7 Å². The molecular weight excluding hydrogens is 329 g/mol. The van der Waals surface area contributed by atoms with E-state index in [-0.39, 0.29) is 9.92 Å². The molecule has 0 saturated heterocycles.